The van der Waals surface area contributed by atoms with Gasteiger partial charge in [0, 0.05) is 6.04 Å². The SMILES string of the molecule is CCN(CC)CCCC(C)Nc1snc(N)c1C#N. The minimum absolute atomic E-state index is 0.322. The standard InChI is InChI=1S/C13H23N5S/c1-4-18(5-2)8-6-7-10(3)16-13-11(9-14)12(15)17-19-13/h10,16H,4-8H2,1-3H3,(H2,15,17). The zero-order valence-corrected chi connectivity index (χ0v) is 12.8. The van der Waals surface area contributed by atoms with Crippen molar-refractivity contribution in [1.82, 2.24) is 9.27 Å². The van der Waals surface area contributed by atoms with E-state index in [1.807, 2.05) is 0 Å². The summed E-state index contributed by atoms with van der Waals surface area (Å²) < 4.78 is 4.00. The molecule has 0 aliphatic rings. The van der Waals surface area contributed by atoms with E-state index in [-0.39, 0.29) is 0 Å². The fraction of sp³-hybridized carbons (Fsp3) is 0.692. The zero-order valence-electron chi connectivity index (χ0n) is 11.9. The van der Waals surface area contributed by atoms with Crippen molar-refractivity contribution in [3.8, 4) is 6.07 Å². The van der Waals surface area contributed by atoms with E-state index in [9.17, 15) is 0 Å². The number of anilines is 2. The largest absolute Gasteiger partial charge is 0.382 e. The number of nitrogens with two attached hydrogens (primary N) is 1. The molecule has 0 aromatic carbocycles. The van der Waals surface area contributed by atoms with Crippen LogP contribution in [0.15, 0.2) is 0 Å². The molecule has 0 saturated heterocycles. The first kappa shape index (κ1) is 15.7. The zero-order chi connectivity index (χ0) is 14.3. The first-order chi connectivity index (χ1) is 9.12. The molecule has 0 saturated carbocycles. The third kappa shape index (κ3) is 4.69. The summed E-state index contributed by atoms with van der Waals surface area (Å²) in [5, 5.41) is 13.1. The molecular formula is C13H23N5S. The van der Waals surface area contributed by atoms with E-state index in [1.54, 1.807) is 0 Å². The summed E-state index contributed by atoms with van der Waals surface area (Å²) in [5.74, 6) is 0.324. The molecule has 1 rings (SSSR count). The van der Waals surface area contributed by atoms with Crippen LogP contribution in [-0.2, 0) is 0 Å². The number of nitrogens with zero attached hydrogens (tertiary/aromatic N) is 3. The average Bonchev–Trinajstić information content (AvgIpc) is 2.75. The Kier molecular flexibility index (Phi) is 6.60. The number of nitriles is 1. The fourth-order valence-electron chi connectivity index (χ4n) is 1.97. The smallest absolute Gasteiger partial charge is 0.157 e. The van der Waals surface area contributed by atoms with E-state index in [2.05, 4.69) is 41.4 Å². The highest BCUT2D eigenvalue weighted by molar-refractivity contribution is 7.10. The normalized spacial score (nSPS) is 12.4. The van der Waals surface area contributed by atoms with Gasteiger partial charge in [0.05, 0.1) is 0 Å². The van der Waals surface area contributed by atoms with Crippen LogP contribution in [0.5, 0.6) is 0 Å². The predicted molar refractivity (Wildman–Crippen MR) is 81.3 cm³/mol. The van der Waals surface area contributed by atoms with Gasteiger partial charge < -0.3 is 16.0 Å². The maximum absolute atomic E-state index is 9.00. The molecular weight excluding hydrogens is 258 g/mol. The maximum atomic E-state index is 9.00. The van der Waals surface area contributed by atoms with E-state index in [4.69, 9.17) is 11.0 Å². The molecule has 0 amide bonds. The van der Waals surface area contributed by atoms with Crippen LogP contribution in [0.25, 0.3) is 0 Å². The van der Waals surface area contributed by atoms with Crippen molar-refractivity contribution in [2.24, 2.45) is 0 Å². The fourth-order valence-corrected chi connectivity index (χ4v) is 2.74. The topological polar surface area (TPSA) is 78.0 Å². The Morgan fingerprint density at radius 2 is 2.16 bits per heavy atom. The summed E-state index contributed by atoms with van der Waals surface area (Å²) >= 11 is 1.26. The van der Waals surface area contributed by atoms with E-state index in [1.165, 1.54) is 11.5 Å². The van der Waals surface area contributed by atoms with Gasteiger partial charge in [-0.25, -0.2) is 0 Å². The van der Waals surface area contributed by atoms with Crippen molar-refractivity contribution in [3.05, 3.63) is 5.56 Å². The Morgan fingerprint density at radius 3 is 2.74 bits per heavy atom. The highest BCUT2D eigenvalue weighted by atomic mass is 32.1. The Balaban J connectivity index is 2.39. The third-order valence-corrected chi connectivity index (χ3v) is 4.01. The first-order valence-electron chi connectivity index (χ1n) is 6.76. The van der Waals surface area contributed by atoms with Crippen molar-refractivity contribution in [3.63, 3.8) is 0 Å². The minimum Gasteiger partial charge on any atom is -0.382 e. The third-order valence-electron chi connectivity index (χ3n) is 3.21. The second-order valence-electron chi connectivity index (χ2n) is 4.60. The van der Waals surface area contributed by atoms with Gasteiger partial charge in [0.2, 0.25) is 0 Å². The summed E-state index contributed by atoms with van der Waals surface area (Å²) in [4.78, 5) is 2.41. The van der Waals surface area contributed by atoms with Gasteiger partial charge in [0.1, 0.15) is 16.6 Å². The van der Waals surface area contributed by atoms with Gasteiger partial charge in [-0.1, -0.05) is 13.8 Å². The molecule has 3 N–H and O–H groups in total. The molecule has 0 bridgehead atoms. The summed E-state index contributed by atoms with van der Waals surface area (Å²) in [6.07, 6.45) is 2.21. The highest BCUT2D eigenvalue weighted by Gasteiger charge is 2.13. The lowest BCUT2D eigenvalue weighted by atomic mass is 10.1. The van der Waals surface area contributed by atoms with Crippen molar-refractivity contribution < 1.29 is 0 Å². The average molecular weight is 281 g/mol. The summed E-state index contributed by atoms with van der Waals surface area (Å²) in [5.41, 5.74) is 6.11. The van der Waals surface area contributed by atoms with E-state index in [0.717, 1.165) is 37.5 Å². The van der Waals surface area contributed by atoms with Crippen LogP contribution in [0.4, 0.5) is 10.8 Å². The molecule has 1 unspecified atom stereocenters. The molecule has 0 spiro atoms. The number of nitrogen functional groups attached to an aromatic ring is 1. The van der Waals surface area contributed by atoms with Crippen molar-refractivity contribution in [2.45, 2.75) is 39.7 Å². The van der Waals surface area contributed by atoms with Gasteiger partial charge in [0.25, 0.3) is 0 Å². The molecule has 0 aliphatic carbocycles. The van der Waals surface area contributed by atoms with E-state index >= 15 is 0 Å². The number of hydrogen-bond donors (Lipinski definition) is 2. The van der Waals surface area contributed by atoms with Gasteiger partial charge in [0.15, 0.2) is 5.82 Å². The molecule has 0 aliphatic heterocycles. The number of nitrogens with one attached hydrogen (secondary N) is 1. The minimum atomic E-state index is 0.322. The molecule has 1 aromatic rings. The Bertz CT molecular complexity index is 419. The van der Waals surface area contributed by atoms with Crippen LogP contribution in [0, 0.1) is 11.3 Å². The second-order valence-corrected chi connectivity index (χ2v) is 5.37. The molecule has 1 heterocycles. The van der Waals surface area contributed by atoms with Gasteiger partial charge >= 0.3 is 0 Å². The number of rotatable bonds is 8. The highest BCUT2D eigenvalue weighted by Crippen LogP contribution is 2.26. The maximum Gasteiger partial charge on any atom is 0.157 e. The summed E-state index contributed by atoms with van der Waals surface area (Å²) in [7, 11) is 0. The van der Waals surface area contributed by atoms with Crippen LogP contribution < -0.4 is 11.1 Å². The lowest BCUT2D eigenvalue weighted by Gasteiger charge is -2.19. The van der Waals surface area contributed by atoms with Crippen LogP contribution in [0.2, 0.25) is 0 Å². The number of hydrogen-bond acceptors (Lipinski definition) is 6. The van der Waals surface area contributed by atoms with Gasteiger partial charge in [-0.15, -0.1) is 0 Å². The Morgan fingerprint density at radius 1 is 1.47 bits per heavy atom. The molecule has 6 heteroatoms. The lowest BCUT2D eigenvalue weighted by Crippen LogP contribution is -2.25. The Labute approximate surface area is 119 Å². The van der Waals surface area contributed by atoms with Gasteiger partial charge in [-0.2, -0.15) is 9.64 Å². The van der Waals surface area contributed by atoms with E-state index < -0.39 is 0 Å². The molecule has 19 heavy (non-hydrogen) atoms. The van der Waals surface area contributed by atoms with Crippen molar-refractivity contribution in [1.29, 1.82) is 5.26 Å². The molecule has 1 atom stereocenters. The quantitative estimate of drug-likeness (QED) is 0.765. The van der Waals surface area contributed by atoms with E-state index in [0.29, 0.717) is 17.4 Å². The lowest BCUT2D eigenvalue weighted by molar-refractivity contribution is 0.295. The molecule has 0 radical (unpaired) electrons. The number of aromatic nitrogens is 1. The van der Waals surface area contributed by atoms with Gasteiger partial charge in [-0.3, -0.25) is 0 Å². The molecule has 106 valence electrons. The molecule has 5 nitrogen and oxygen atoms in total. The van der Waals surface area contributed by atoms with Gasteiger partial charge in [-0.05, 0) is 50.9 Å². The monoisotopic (exact) mass is 281 g/mol. The second kappa shape index (κ2) is 7.97. The summed E-state index contributed by atoms with van der Waals surface area (Å²) in [6, 6.07) is 2.42. The van der Waals surface area contributed by atoms with Crippen LogP contribution in [0.1, 0.15) is 39.2 Å². The van der Waals surface area contributed by atoms with Crippen molar-refractivity contribution in [2.75, 3.05) is 30.7 Å². The molecule has 0 fully saturated rings. The first-order valence-corrected chi connectivity index (χ1v) is 7.53. The van der Waals surface area contributed by atoms with Crippen LogP contribution in [0.3, 0.4) is 0 Å². The Hall–Kier alpha value is -1.32. The summed E-state index contributed by atoms with van der Waals surface area (Å²) in [6.45, 7) is 9.81. The van der Waals surface area contributed by atoms with Crippen LogP contribution >= 0.6 is 11.5 Å². The predicted octanol–water partition coefficient (Wildman–Crippen LogP) is 2.52. The van der Waals surface area contributed by atoms with Crippen molar-refractivity contribution >= 4 is 22.4 Å². The molecule has 1 aromatic heterocycles. The van der Waals surface area contributed by atoms with Crippen LogP contribution in [-0.4, -0.2) is 34.9 Å².